The second-order valence-electron chi connectivity index (χ2n) is 11.6. The minimum atomic E-state index is -0.966. The maximum absolute atomic E-state index is 13.3. The number of rotatable bonds is 3. The summed E-state index contributed by atoms with van der Waals surface area (Å²) < 4.78 is 6.58. The van der Waals surface area contributed by atoms with Gasteiger partial charge in [0, 0.05) is 41.7 Å². The quantitative estimate of drug-likeness (QED) is 0.609. The second-order valence-corrected chi connectivity index (χ2v) is 12.0. The molecule has 5 aliphatic rings. The minimum absolute atomic E-state index is 0.0163. The molecule has 2 aromatic rings. The van der Waals surface area contributed by atoms with Gasteiger partial charge in [0.15, 0.2) is 11.5 Å². The van der Waals surface area contributed by atoms with Crippen molar-refractivity contribution in [2.45, 2.75) is 67.7 Å². The molecule has 5 atom stereocenters. The van der Waals surface area contributed by atoms with Gasteiger partial charge < -0.3 is 19.8 Å². The van der Waals surface area contributed by atoms with Crippen molar-refractivity contribution in [2.75, 3.05) is 20.1 Å². The van der Waals surface area contributed by atoms with E-state index in [1.54, 1.807) is 42.3 Å². The molecule has 1 spiro atoms. The largest absolute Gasteiger partial charge is 0.504 e. The molecule has 0 radical (unpaired) electrons. The van der Waals surface area contributed by atoms with Crippen molar-refractivity contribution in [1.29, 1.82) is 0 Å². The van der Waals surface area contributed by atoms with Crippen LogP contribution < -0.4 is 4.74 Å². The molecule has 7 rings (SSSR count). The Kier molecular flexibility index (Phi) is 5.15. The number of nitrogens with zero attached hydrogens (tertiary/aromatic N) is 2. The molecule has 2 aliphatic heterocycles. The lowest BCUT2D eigenvalue weighted by Gasteiger charge is -2.64. The average Bonchev–Trinajstić information content (AvgIpc) is 3.63. The molecule has 2 bridgehead atoms. The number of carbonyl (C=O) groups is 1. The zero-order chi connectivity index (χ0) is 25.5. The number of benzene rings is 2. The lowest BCUT2D eigenvalue weighted by atomic mass is 9.48. The molecule has 192 valence electrons. The molecule has 6 nitrogen and oxygen atoms in total. The number of amides is 1. The molecular formula is C30H31ClN2O4. The highest BCUT2D eigenvalue weighted by atomic mass is 35.5. The van der Waals surface area contributed by atoms with Gasteiger partial charge in [0.25, 0.3) is 5.91 Å². The van der Waals surface area contributed by atoms with Crippen LogP contribution in [-0.2, 0) is 16.6 Å². The molecule has 0 unspecified atom stereocenters. The number of phenols is 1. The van der Waals surface area contributed by atoms with Crippen LogP contribution in [0.25, 0.3) is 0 Å². The van der Waals surface area contributed by atoms with E-state index in [2.05, 4.69) is 16.7 Å². The number of ether oxygens (including phenoxy) is 1. The Balaban J connectivity index is 1.25. The molecule has 3 fully saturated rings. The monoisotopic (exact) mass is 518 g/mol. The number of phenolic OH excluding ortho intramolecular Hbond substituents is 1. The van der Waals surface area contributed by atoms with Gasteiger partial charge in [-0.25, -0.2) is 0 Å². The standard InChI is InChI=1S/C30H31ClN2O4/c1-32(25(35)11-6-18-4-8-21(31)9-5-18)22-12-13-30(36)24-16-20-7-10-23(34)27-26(20)29(30,28(22)37-27)14-15-33(24)17-19-2-3-19/h4-5,7-10,19,22,24,28,34,36H,2-3,12-17H2,1H3/t22-,24+,28-,29-,30+/m0/s1. The van der Waals surface area contributed by atoms with E-state index < -0.39 is 17.1 Å². The van der Waals surface area contributed by atoms with Crippen molar-refractivity contribution in [2.24, 2.45) is 5.92 Å². The fourth-order valence-electron chi connectivity index (χ4n) is 7.75. The number of halogens is 1. The van der Waals surface area contributed by atoms with Gasteiger partial charge in [0.2, 0.25) is 0 Å². The fraction of sp³-hybridized carbons (Fsp3) is 0.500. The molecule has 3 aliphatic carbocycles. The van der Waals surface area contributed by atoms with Crippen molar-refractivity contribution in [3.05, 3.63) is 58.1 Å². The molecule has 1 amide bonds. The van der Waals surface area contributed by atoms with E-state index in [1.807, 2.05) is 6.07 Å². The van der Waals surface area contributed by atoms with Crippen LogP contribution in [-0.4, -0.2) is 69.8 Å². The first kappa shape index (κ1) is 23.4. The Morgan fingerprint density at radius 3 is 2.73 bits per heavy atom. The van der Waals surface area contributed by atoms with Gasteiger partial charge in [-0.2, -0.15) is 0 Å². The van der Waals surface area contributed by atoms with Crippen molar-refractivity contribution in [3.63, 3.8) is 0 Å². The van der Waals surface area contributed by atoms with E-state index in [1.165, 1.54) is 12.8 Å². The smallest absolute Gasteiger partial charge is 0.298 e. The Hall–Kier alpha value is -2.72. The number of aliphatic hydroxyl groups is 1. The number of piperidine rings is 1. The minimum Gasteiger partial charge on any atom is -0.504 e. The Morgan fingerprint density at radius 2 is 1.97 bits per heavy atom. The highest BCUT2D eigenvalue weighted by Gasteiger charge is 2.73. The van der Waals surface area contributed by atoms with E-state index in [0.29, 0.717) is 23.6 Å². The van der Waals surface area contributed by atoms with Gasteiger partial charge >= 0.3 is 0 Å². The first-order chi connectivity index (χ1) is 17.8. The first-order valence-electron chi connectivity index (χ1n) is 13.3. The van der Waals surface area contributed by atoms with E-state index in [4.69, 9.17) is 16.3 Å². The number of likely N-dealkylation sites (N-methyl/N-ethyl adjacent to an activating group) is 1. The van der Waals surface area contributed by atoms with Crippen molar-refractivity contribution in [1.82, 2.24) is 9.80 Å². The summed E-state index contributed by atoms with van der Waals surface area (Å²) >= 11 is 5.97. The zero-order valence-electron chi connectivity index (χ0n) is 20.9. The van der Waals surface area contributed by atoms with Crippen molar-refractivity contribution >= 4 is 17.5 Å². The molecule has 37 heavy (non-hydrogen) atoms. The van der Waals surface area contributed by atoms with Crippen LogP contribution in [0, 0.1) is 17.8 Å². The normalized spacial score (nSPS) is 33.1. The molecule has 7 heteroatoms. The lowest BCUT2D eigenvalue weighted by Crippen LogP contribution is -2.78. The van der Waals surface area contributed by atoms with Crippen LogP contribution >= 0.6 is 11.6 Å². The van der Waals surface area contributed by atoms with Crippen LogP contribution in [0.1, 0.15) is 48.8 Å². The van der Waals surface area contributed by atoms with Crippen LogP contribution in [0.3, 0.4) is 0 Å². The summed E-state index contributed by atoms with van der Waals surface area (Å²) in [4.78, 5) is 17.5. The summed E-state index contributed by atoms with van der Waals surface area (Å²) in [6.45, 7) is 1.93. The van der Waals surface area contributed by atoms with E-state index in [9.17, 15) is 15.0 Å². The third-order valence-corrected chi connectivity index (χ3v) is 9.96. The lowest BCUT2D eigenvalue weighted by molar-refractivity contribution is -0.199. The van der Waals surface area contributed by atoms with Gasteiger partial charge in [-0.05, 0) is 86.9 Å². The van der Waals surface area contributed by atoms with Gasteiger partial charge in [0.05, 0.1) is 17.1 Å². The Morgan fingerprint density at radius 1 is 1.19 bits per heavy atom. The highest BCUT2D eigenvalue weighted by Crippen LogP contribution is 2.66. The second kappa shape index (κ2) is 8.14. The summed E-state index contributed by atoms with van der Waals surface area (Å²) in [6.07, 6.45) is 4.82. The molecule has 2 aromatic carbocycles. The van der Waals surface area contributed by atoms with Crippen molar-refractivity contribution < 1.29 is 19.7 Å². The zero-order valence-corrected chi connectivity index (χ0v) is 21.7. The molecule has 0 aromatic heterocycles. The third kappa shape index (κ3) is 3.30. The van der Waals surface area contributed by atoms with Gasteiger partial charge in [-0.3, -0.25) is 9.69 Å². The first-order valence-corrected chi connectivity index (χ1v) is 13.7. The number of likely N-dealkylation sites (tertiary alicyclic amines) is 1. The molecular weight excluding hydrogens is 488 g/mol. The summed E-state index contributed by atoms with van der Waals surface area (Å²) in [5.74, 6) is 6.79. The summed E-state index contributed by atoms with van der Waals surface area (Å²) in [5, 5.41) is 24.0. The number of carbonyl (C=O) groups excluding carboxylic acids is 1. The van der Waals surface area contributed by atoms with E-state index >= 15 is 0 Å². The SMILES string of the molecule is CN(C(=O)C#Cc1ccc(Cl)cc1)[C@H]1CC[C@@]2(O)[C@H]3Cc4ccc(O)c5c4[C@@]2(CCN3CC2CC2)[C@H]1O5. The third-order valence-electron chi connectivity index (χ3n) is 9.71. The number of hydrogen-bond donors (Lipinski definition) is 2. The number of hydrogen-bond acceptors (Lipinski definition) is 5. The van der Waals surface area contributed by atoms with Crippen LogP contribution in [0.4, 0.5) is 0 Å². The summed E-state index contributed by atoms with van der Waals surface area (Å²) in [7, 11) is 1.78. The van der Waals surface area contributed by atoms with Gasteiger partial charge in [0.1, 0.15) is 6.10 Å². The number of aromatic hydroxyl groups is 1. The maximum Gasteiger partial charge on any atom is 0.298 e. The molecule has 1 saturated heterocycles. The van der Waals surface area contributed by atoms with Crippen molar-refractivity contribution in [3.8, 4) is 23.3 Å². The van der Waals surface area contributed by atoms with Crippen LogP contribution in [0.2, 0.25) is 5.02 Å². The van der Waals surface area contributed by atoms with Crippen LogP contribution in [0.15, 0.2) is 36.4 Å². The summed E-state index contributed by atoms with van der Waals surface area (Å²) in [6, 6.07) is 10.6. The van der Waals surface area contributed by atoms with Crippen LogP contribution in [0.5, 0.6) is 11.5 Å². The predicted molar refractivity (Wildman–Crippen MR) is 140 cm³/mol. The Labute approximate surface area is 222 Å². The van der Waals surface area contributed by atoms with Gasteiger partial charge in [-0.1, -0.05) is 23.6 Å². The predicted octanol–water partition coefficient (Wildman–Crippen LogP) is 3.49. The van der Waals surface area contributed by atoms with E-state index in [-0.39, 0.29) is 23.7 Å². The molecule has 2 saturated carbocycles. The topological polar surface area (TPSA) is 73.2 Å². The molecule has 2 heterocycles. The maximum atomic E-state index is 13.3. The molecule has 2 N–H and O–H groups in total. The average molecular weight is 519 g/mol. The Bertz CT molecular complexity index is 1350. The summed E-state index contributed by atoms with van der Waals surface area (Å²) in [5.41, 5.74) is 1.23. The highest BCUT2D eigenvalue weighted by molar-refractivity contribution is 6.30. The van der Waals surface area contributed by atoms with Gasteiger partial charge in [-0.15, -0.1) is 0 Å². The van der Waals surface area contributed by atoms with E-state index in [0.717, 1.165) is 48.5 Å². The fourth-order valence-corrected chi connectivity index (χ4v) is 7.88.